The molecule has 0 radical (unpaired) electrons. The minimum atomic E-state index is -1.93. The van der Waals surface area contributed by atoms with Crippen molar-refractivity contribution >= 4 is 65.1 Å². The number of carboxylic acid groups (broad SMARTS) is 2. The number of carbonyl (C=O) groups is 11. The Hall–Kier alpha value is -8.42. The van der Waals surface area contributed by atoms with Crippen LogP contribution in [0.25, 0.3) is 0 Å². The molecule has 1 saturated heterocycles. The summed E-state index contributed by atoms with van der Waals surface area (Å²) >= 11 is 0. The van der Waals surface area contributed by atoms with Crippen LogP contribution in [0.5, 0.6) is 5.75 Å². The molecular weight excluding hydrogens is 1000 g/mol. The summed E-state index contributed by atoms with van der Waals surface area (Å²) in [5, 5.41) is 51.9. The Bertz CT molecular complexity index is 2520. The zero-order valence-electron chi connectivity index (χ0n) is 43.3. The molecule has 0 unspecified atom stereocenters. The number of carboxylic acids is 2. The van der Waals surface area contributed by atoms with E-state index in [1.54, 1.807) is 37.3 Å². The van der Waals surface area contributed by atoms with Crippen LogP contribution < -0.4 is 53.6 Å². The predicted octanol–water partition coefficient (Wildman–Crippen LogP) is -2.07. The summed E-state index contributed by atoms with van der Waals surface area (Å²) in [4.78, 5) is 153. The van der Waals surface area contributed by atoms with Gasteiger partial charge in [0.05, 0.1) is 31.8 Å². The molecule has 2 heterocycles. The van der Waals surface area contributed by atoms with Crippen LogP contribution in [0.1, 0.15) is 83.0 Å². The normalized spacial score (nSPS) is 16.1. The van der Waals surface area contributed by atoms with Crippen molar-refractivity contribution in [1.29, 1.82) is 0 Å². The van der Waals surface area contributed by atoms with E-state index in [1.165, 1.54) is 36.8 Å². The Labute approximate surface area is 444 Å². The molecule has 15 N–H and O–H groups in total. The van der Waals surface area contributed by atoms with Gasteiger partial charge in [-0.1, -0.05) is 76.6 Å². The van der Waals surface area contributed by atoms with Crippen molar-refractivity contribution < 1.29 is 68.1 Å². The zero-order valence-corrected chi connectivity index (χ0v) is 43.3. The highest BCUT2D eigenvalue weighted by Gasteiger charge is 2.36. The monoisotopic (exact) mass is 1070 g/mol. The van der Waals surface area contributed by atoms with Gasteiger partial charge < -0.3 is 73.9 Å². The number of hydrogen-bond acceptors (Lipinski definition) is 14. The maximum absolute atomic E-state index is 14.4. The Morgan fingerprint density at radius 1 is 0.662 bits per heavy atom. The van der Waals surface area contributed by atoms with E-state index < -0.39 is 133 Å². The molecule has 26 heteroatoms. The SMILES string of the molecule is CC[C@H](C)[C@H](NC(=O)[C@H](CC(C)C)NC(=O)[C@@H]1CCCN1)C(=O)N[C@@H](Cc1cnc[nH]1)C(=O)N[C@@H](Cc1ccccc1)C(=O)NCC(=O)N[C@@H](CC(N)=O)C(=O)N[C@@H](CC(=O)O)C(=O)N[C@@H](Cc1ccc(O)cc1)C(=O)O. The fraction of sp³-hybridized carbons (Fsp3) is 0.490. The molecule has 0 aliphatic carbocycles. The standard InChI is InChI=1S/C51H70N12O14/c1-5-28(4)43(63-49(74)34(18-27(2)3)58-45(70)33-12-9-17-54-33)50(75)61-36(21-31-24-53-26-56-31)46(71)59-35(19-29-10-7-6-8-11-29)44(69)55-25-41(66)57-37(22-40(52)65)47(72)60-38(23-42(67)68)48(73)62-39(51(76)77)20-30-13-15-32(64)16-14-30/h6-8,10-11,13-16,24,26-28,33-39,43,54,64H,5,9,12,17-23,25H2,1-4H3,(H2,52,65)(H,53,56)(H,55,69)(H,57,66)(H,58,70)(H,59,71)(H,60,72)(H,61,75)(H,62,73)(H,63,74)(H,67,68)(H,76,77)/t28-,33-,34-,35-,36-,37-,38-,39-,43-/m0/s1. The molecule has 4 rings (SSSR count). The van der Waals surface area contributed by atoms with Gasteiger partial charge in [-0.3, -0.25) is 47.9 Å². The largest absolute Gasteiger partial charge is 0.508 e. The lowest BCUT2D eigenvalue weighted by Gasteiger charge is -2.29. The van der Waals surface area contributed by atoms with E-state index in [0.717, 1.165) is 6.42 Å². The fourth-order valence-electron chi connectivity index (χ4n) is 8.20. The molecule has 9 amide bonds. The molecule has 26 nitrogen and oxygen atoms in total. The van der Waals surface area contributed by atoms with Crippen molar-refractivity contribution in [3.8, 4) is 5.75 Å². The number of aromatic nitrogens is 2. The number of amides is 9. The molecule has 1 aliphatic heterocycles. The minimum absolute atomic E-state index is 0.0126. The van der Waals surface area contributed by atoms with Crippen molar-refractivity contribution in [1.82, 2.24) is 57.8 Å². The second-order valence-electron chi connectivity index (χ2n) is 19.2. The first-order valence-corrected chi connectivity index (χ1v) is 25.2. The van der Waals surface area contributed by atoms with Gasteiger partial charge in [-0.05, 0) is 60.9 Å². The van der Waals surface area contributed by atoms with Gasteiger partial charge in [0.1, 0.15) is 48.0 Å². The van der Waals surface area contributed by atoms with Gasteiger partial charge in [-0.25, -0.2) is 9.78 Å². The number of H-pyrrole nitrogens is 1. The first-order valence-electron chi connectivity index (χ1n) is 25.2. The first-order chi connectivity index (χ1) is 36.5. The zero-order chi connectivity index (χ0) is 56.8. The molecule has 0 saturated carbocycles. The van der Waals surface area contributed by atoms with Crippen LogP contribution in [-0.4, -0.2) is 152 Å². The number of rotatable bonds is 31. The number of nitrogens with zero attached hydrogens (tertiary/aromatic N) is 1. The third-order valence-electron chi connectivity index (χ3n) is 12.5. The topological polar surface area (TPSA) is 411 Å². The van der Waals surface area contributed by atoms with Crippen molar-refractivity contribution in [2.24, 2.45) is 17.6 Å². The number of phenolic OH excluding ortho intramolecular Hbond substituents is 1. The molecule has 2 aromatic carbocycles. The summed E-state index contributed by atoms with van der Waals surface area (Å²) in [6, 6.07) is 2.94. The summed E-state index contributed by atoms with van der Waals surface area (Å²) in [5.41, 5.74) is 6.71. The molecular formula is C51H70N12O14. The van der Waals surface area contributed by atoms with Crippen molar-refractivity contribution in [3.63, 3.8) is 0 Å². The summed E-state index contributed by atoms with van der Waals surface area (Å²) in [6.07, 6.45) is 2.33. The van der Waals surface area contributed by atoms with E-state index in [9.17, 15) is 68.1 Å². The van der Waals surface area contributed by atoms with Gasteiger partial charge in [0, 0.05) is 31.2 Å². The van der Waals surface area contributed by atoms with E-state index in [4.69, 9.17) is 5.73 Å². The predicted molar refractivity (Wildman–Crippen MR) is 274 cm³/mol. The molecule has 0 bridgehead atoms. The van der Waals surface area contributed by atoms with E-state index in [0.29, 0.717) is 36.2 Å². The number of aromatic amines is 1. The molecule has 0 spiro atoms. The second-order valence-corrected chi connectivity index (χ2v) is 19.2. The fourth-order valence-corrected chi connectivity index (χ4v) is 8.20. The van der Waals surface area contributed by atoms with Crippen LogP contribution in [0, 0.1) is 11.8 Å². The number of phenols is 1. The maximum atomic E-state index is 14.4. The minimum Gasteiger partial charge on any atom is -0.508 e. The highest BCUT2D eigenvalue weighted by Crippen LogP contribution is 2.15. The van der Waals surface area contributed by atoms with Crippen LogP contribution in [-0.2, 0) is 72.0 Å². The van der Waals surface area contributed by atoms with Crippen LogP contribution in [0.4, 0.5) is 0 Å². The summed E-state index contributed by atoms with van der Waals surface area (Å²) in [7, 11) is 0. The third-order valence-corrected chi connectivity index (χ3v) is 12.5. The number of aromatic hydroxyl groups is 1. The molecule has 1 aliphatic rings. The Balaban J connectivity index is 1.50. The lowest BCUT2D eigenvalue weighted by atomic mass is 9.96. The summed E-state index contributed by atoms with van der Waals surface area (Å²) in [6.45, 7) is 7.12. The lowest BCUT2D eigenvalue weighted by Crippen LogP contribution is -2.61. The average Bonchev–Trinajstić information content (AvgIpc) is 4.12. The van der Waals surface area contributed by atoms with E-state index in [1.807, 2.05) is 20.8 Å². The van der Waals surface area contributed by atoms with Gasteiger partial charge >= 0.3 is 11.9 Å². The van der Waals surface area contributed by atoms with Gasteiger partial charge in [0.25, 0.3) is 0 Å². The Morgan fingerprint density at radius 3 is 1.81 bits per heavy atom. The highest BCUT2D eigenvalue weighted by molar-refractivity contribution is 5.99. The van der Waals surface area contributed by atoms with Gasteiger partial charge in [-0.15, -0.1) is 0 Å². The number of imidazole rings is 1. The molecule has 418 valence electrons. The van der Waals surface area contributed by atoms with Crippen molar-refractivity contribution in [2.75, 3.05) is 13.1 Å². The van der Waals surface area contributed by atoms with Crippen molar-refractivity contribution in [2.45, 2.75) is 134 Å². The first kappa shape index (κ1) is 61.1. The quantitative estimate of drug-likeness (QED) is 0.0329. The van der Waals surface area contributed by atoms with Gasteiger partial charge in [0.15, 0.2) is 0 Å². The average molecular weight is 1080 g/mol. The van der Waals surface area contributed by atoms with Gasteiger partial charge in [0.2, 0.25) is 53.2 Å². The molecule has 3 aromatic rings. The number of hydrogen-bond donors (Lipinski definition) is 14. The number of nitrogens with two attached hydrogens (primary N) is 1. The Kier molecular flexibility index (Phi) is 24.0. The third kappa shape index (κ3) is 20.7. The van der Waals surface area contributed by atoms with Crippen LogP contribution >= 0.6 is 0 Å². The molecule has 77 heavy (non-hydrogen) atoms. The highest BCUT2D eigenvalue weighted by atomic mass is 16.4. The smallest absolute Gasteiger partial charge is 0.326 e. The number of benzene rings is 2. The molecule has 1 aromatic heterocycles. The number of carbonyl (C=O) groups excluding carboxylic acids is 9. The number of primary amides is 1. The maximum Gasteiger partial charge on any atom is 0.326 e. The molecule has 9 atom stereocenters. The number of nitrogens with one attached hydrogen (secondary N) is 10. The number of aliphatic carboxylic acids is 2. The lowest BCUT2D eigenvalue weighted by molar-refractivity contribution is -0.144. The van der Waals surface area contributed by atoms with Crippen molar-refractivity contribution in [3.05, 3.63) is 83.9 Å². The Morgan fingerprint density at radius 2 is 1.23 bits per heavy atom. The van der Waals surface area contributed by atoms with E-state index in [-0.39, 0.29) is 43.3 Å². The van der Waals surface area contributed by atoms with Crippen LogP contribution in [0.15, 0.2) is 67.1 Å². The summed E-state index contributed by atoms with van der Waals surface area (Å²) in [5.74, 6) is -11.9. The van der Waals surface area contributed by atoms with Crippen LogP contribution in [0.3, 0.4) is 0 Å². The second kappa shape index (κ2) is 30.2. The molecule has 1 fully saturated rings. The summed E-state index contributed by atoms with van der Waals surface area (Å²) < 4.78 is 0. The van der Waals surface area contributed by atoms with Gasteiger partial charge in [-0.2, -0.15) is 0 Å². The van der Waals surface area contributed by atoms with Crippen LogP contribution in [0.2, 0.25) is 0 Å². The van der Waals surface area contributed by atoms with E-state index >= 15 is 0 Å². The van der Waals surface area contributed by atoms with E-state index in [2.05, 4.69) is 57.8 Å².